The van der Waals surface area contributed by atoms with Crippen LogP contribution < -0.4 is 10.6 Å². The molecular formula is C20H17FN6O. The number of carbonyl (C=O) groups is 1. The Kier molecular flexibility index (Phi) is 4.67. The summed E-state index contributed by atoms with van der Waals surface area (Å²) in [5.74, 6) is 0.152. The first kappa shape index (κ1) is 17.6. The second-order valence-electron chi connectivity index (χ2n) is 6.09. The Hall–Kier alpha value is -3.81. The fourth-order valence-electron chi connectivity index (χ4n) is 2.86. The maximum Gasteiger partial charge on any atom is 0.320 e. The molecule has 0 radical (unpaired) electrons. The smallest absolute Gasteiger partial charge is 0.320 e. The van der Waals surface area contributed by atoms with Crippen molar-refractivity contribution >= 4 is 17.5 Å². The minimum atomic E-state index is -0.311. The SMILES string of the molecule is CCNC(=O)Nc1cc(-c2cnn3cc(-c4ccc(F)cc4)cnc23)ccn1. The Labute approximate surface area is 160 Å². The summed E-state index contributed by atoms with van der Waals surface area (Å²) >= 11 is 0. The highest BCUT2D eigenvalue weighted by Crippen LogP contribution is 2.26. The van der Waals surface area contributed by atoms with E-state index in [1.54, 1.807) is 41.3 Å². The van der Waals surface area contributed by atoms with E-state index in [4.69, 9.17) is 0 Å². The molecule has 0 atom stereocenters. The number of halogens is 1. The monoisotopic (exact) mass is 376 g/mol. The zero-order chi connectivity index (χ0) is 19.5. The lowest BCUT2D eigenvalue weighted by atomic mass is 10.1. The van der Waals surface area contributed by atoms with Crippen LogP contribution in [0.25, 0.3) is 27.9 Å². The number of hydrogen-bond acceptors (Lipinski definition) is 4. The van der Waals surface area contributed by atoms with Crippen LogP contribution in [0.5, 0.6) is 0 Å². The van der Waals surface area contributed by atoms with E-state index in [0.29, 0.717) is 18.0 Å². The number of nitrogens with one attached hydrogen (secondary N) is 2. The van der Waals surface area contributed by atoms with Crippen LogP contribution in [0, 0.1) is 5.82 Å². The maximum absolute atomic E-state index is 13.1. The van der Waals surface area contributed by atoms with Crippen LogP contribution in [0.15, 0.2) is 61.2 Å². The molecule has 0 aliphatic carbocycles. The summed E-state index contributed by atoms with van der Waals surface area (Å²) in [5.41, 5.74) is 3.99. The maximum atomic E-state index is 13.1. The lowest BCUT2D eigenvalue weighted by Crippen LogP contribution is -2.28. The summed E-state index contributed by atoms with van der Waals surface area (Å²) in [7, 11) is 0. The normalized spacial score (nSPS) is 10.8. The highest BCUT2D eigenvalue weighted by atomic mass is 19.1. The number of amides is 2. The second-order valence-corrected chi connectivity index (χ2v) is 6.09. The third-order valence-electron chi connectivity index (χ3n) is 4.18. The molecule has 0 aliphatic rings. The van der Waals surface area contributed by atoms with Gasteiger partial charge in [0.25, 0.3) is 0 Å². The van der Waals surface area contributed by atoms with E-state index >= 15 is 0 Å². The number of fused-ring (bicyclic) bond motifs is 1. The molecule has 0 saturated heterocycles. The van der Waals surface area contributed by atoms with Crippen molar-refractivity contribution in [3.8, 4) is 22.3 Å². The average molecular weight is 376 g/mol. The van der Waals surface area contributed by atoms with Crippen molar-refractivity contribution in [3.05, 3.63) is 67.0 Å². The molecule has 2 N–H and O–H groups in total. The van der Waals surface area contributed by atoms with Crippen molar-refractivity contribution in [3.63, 3.8) is 0 Å². The second kappa shape index (κ2) is 7.43. The van der Waals surface area contributed by atoms with Gasteiger partial charge < -0.3 is 5.32 Å². The average Bonchev–Trinajstić information content (AvgIpc) is 3.12. The van der Waals surface area contributed by atoms with Crippen LogP contribution in [0.4, 0.5) is 15.0 Å². The van der Waals surface area contributed by atoms with Gasteiger partial charge in [-0.15, -0.1) is 0 Å². The van der Waals surface area contributed by atoms with E-state index in [2.05, 4.69) is 25.7 Å². The van der Waals surface area contributed by atoms with Gasteiger partial charge in [-0.3, -0.25) is 5.32 Å². The molecule has 0 aliphatic heterocycles. The van der Waals surface area contributed by atoms with Gasteiger partial charge in [0.15, 0.2) is 5.65 Å². The number of benzene rings is 1. The Morgan fingerprint density at radius 2 is 1.89 bits per heavy atom. The number of nitrogens with zero attached hydrogens (tertiary/aromatic N) is 4. The molecule has 28 heavy (non-hydrogen) atoms. The van der Waals surface area contributed by atoms with Gasteiger partial charge in [-0.25, -0.2) is 23.7 Å². The molecule has 0 bridgehead atoms. The molecule has 8 heteroatoms. The van der Waals surface area contributed by atoms with Gasteiger partial charge in [-0.2, -0.15) is 5.10 Å². The first-order valence-corrected chi connectivity index (χ1v) is 8.74. The zero-order valence-corrected chi connectivity index (χ0v) is 15.1. The third kappa shape index (κ3) is 3.52. The van der Waals surface area contributed by atoms with E-state index in [1.165, 1.54) is 12.1 Å². The van der Waals surface area contributed by atoms with Crippen molar-refractivity contribution in [1.29, 1.82) is 0 Å². The van der Waals surface area contributed by atoms with Crippen LogP contribution in [0.3, 0.4) is 0 Å². The van der Waals surface area contributed by atoms with Gasteiger partial charge in [0.2, 0.25) is 0 Å². The highest BCUT2D eigenvalue weighted by molar-refractivity contribution is 5.89. The van der Waals surface area contributed by atoms with E-state index in [-0.39, 0.29) is 11.8 Å². The van der Waals surface area contributed by atoms with E-state index < -0.39 is 0 Å². The number of carbonyl (C=O) groups excluding carboxylic acids is 1. The van der Waals surface area contributed by atoms with Crippen molar-refractivity contribution < 1.29 is 9.18 Å². The van der Waals surface area contributed by atoms with Crippen molar-refractivity contribution in [1.82, 2.24) is 24.9 Å². The van der Waals surface area contributed by atoms with Crippen LogP contribution in [0.1, 0.15) is 6.92 Å². The van der Waals surface area contributed by atoms with E-state index in [9.17, 15) is 9.18 Å². The number of anilines is 1. The van der Waals surface area contributed by atoms with Gasteiger partial charge >= 0.3 is 6.03 Å². The fourth-order valence-corrected chi connectivity index (χ4v) is 2.86. The zero-order valence-electron chi connectivity index (χ0n) is 15.1. The summed E-state index contributed by atoms with van der Waals surface area (Å²) in [6.45, 7) is 2.37. The molecule has 4 rings (SSSR count). The Morgan fingerprint density at radius 1 is 1.07 bits per heavy atom. The van der Waals surface area contributed by atoms with Crippen LogP contribution in [-0.4, -0.2) is 32.2 Å². The molecule has 0 spiro atoms. The summed E-state index contributed by atoms with van der Waals surface area (Å²) < 4.78 is 14.8. The van der Waals surface area contributed by atoms with Crippen molar-refractivity contribution in [2.24, 2.45) is 0 Å². The fraction of sp³-hybridized carbons (Fsp3) is 0.100. The lowest BCUT2D eigenvalue weighted by Gasteiger charge is -2.06. The molecular weight excluding hydrogens is 359 g/mol. The van der Waals surface area contributed by atoms with Crippen LogP contribution >= 0.6 is 0 Å². The summed E-state index contributed by atoms with van der Waals surface area (Å²) in [6.07, 6.45) is 6.90. The minimum absolute atomic E-state index is 0.283. The largest absolute Gasteiger partial charge is 0.338 e. The summed E-state index contributed by atoms with van der Waals surface area (Å²) in [6, 6.07) is 9.50. The van der Waals surface area contributed by atoms with Gasteiger partial charge in [0.05, 0.1) is 6.20 Å². The number of hydrogen-bond donors (Lipinski definition) is 2. The predicted octanol–water partition coefficient (Wildman–Crippen LogP) is 3.74. The molecule has 140 valence electrons. The van der Waals surface area contributed by atoms with Crippen LogP contribution in [0.2, 0.25) is 0 Å². The molecule has 1 aromatic carbocycles. The number of rotatable bonds is 4. The predicted molar refractivity (Wildman–Crippen MR) is 104 cm³/mol. The molecule has 0 unspecified atom stereocenters. The molecule has 4 aromatic rings. The van der Waals surface area contributed by atoms with E-state index in [1.807, 2.05) is 19.2 Å². The highest BCUT2D eigenvalue weighted by Gasteiger charge is 2.11. The van der Waals surface area contributed by atoms with Crippen molar-refractivity contribution in [2.45, 2.75) is 6.92 Å². The Balaban J connectivity index is 1.66. The molecule has 0 saturated carbocycles. The first-order chi connectivity index (χ1) is 13.6. The Morgan fingerprint density at radius 3 is 2.68 bits per heavy atom. The summed E-state index contributed by atoms with van der Waals surface area (Å²) in [4.78, 5) is 20.4. The first-order valence-electron chi connectivity index (χ1n) is 8.74. The topological polar surface area (TPSA) is 84.2 Å². The van der Waals surface area contributed by atoms with Gasteiger partial charge in [-0.05, 0) is 42.3 Å². The molecule has 2 amide bonds. The van der Waals surface area contributed by atoms with Gasteiger partial charge in [0, 0.05) is 36.3 Å². The number of aromatic nitrogens is 4. The molecule has 3 heterocycles. The lowest BCUT2D eigenvalue weighted by molar-refractivity contribution is 0.252. The molecule has 0 fully saturated rings. The third-order valence-corrected chi connectivity index (χ3v) is 4.18. The quantitative estimate of drug-likeness (QED) is 0.568. The van der Waals surface area contributed by atoms with E-state index in [0.717, 1.165) is 22.3 Å². The molecule has 3 aromatic heterocycles. The van der Waals surface area contributed by atoms with Gasteiger partial charge in [-0.1, -0.05) is 12.1 Å². The Bertz CT molecular complexity index is 1140. The number of pyridine rings is 1. The van der Waals surface area contributed by atoms with Crippen LogP contribution in [-0.2, 0) is 0 Å². The molecule has 7 nitrogen and oxygen atoms in total. The summed E-state index contributed by atoms with van der Waals surface area (Å²) in [5, 5.41) is 9.73. The minimum Gasteiger partial charge on any atom is -0.338 e. The van der Waals surface area contributed by atoms with Crippen molar-refractivity contribution in [2.75, 3.05) is 11.9 Å². The number of urea groups is 1. The van der Waals surface area contributed by atoms with Gasteiger partial charge in [0.1, 0.15) is 11.6 Å². The standard InChI is InChI=1S/C20H17FN6O/c1-2-22-20(28)26-18-9-14(7-8-23-18)17-11-25-27-12-15(10-24-19(17)27)13-3-5-16(21)6-4-13/h3-12H,2H2,1H3,(H2,22,23,26,28).